The van der Waals surface area contributed by atoms with E-state index in [1.165, 1.54) is 13.0 Å². The molecule has 0 atom stereocenters. The highest BCUT2D eigenvalue weighted by Crippen LogP contribution is 2.30. The van der Waals surface area contributed by atoms with Crippen molar-refractivity contribution in [3.63, 3.8) is 0 Å². The van der Waals surface area contributed by atoms with Crippen LogP contribution in [0.5, 0.6) is 11.5 Å². The van der Waals surface area contributed by atoms with Crippen LogP contribution in [0.25, 0.3) is 0 Å². The summed E-state index contributed by atoms with van der Waals surface area (Å²) in [4.78, 5) is 11.6. The number of hydrogen-bond acceptors (Lipinski definition) is 2. The van der Waals surface area contributed by atoms with Gasteiger partial charge in [-0.3, -0.25) is 4.79 Å². The summed E-state index contributed by atoms with van der Waals surface area (Å²) in [6, 6.07) is 9.95. The Hall–Kier alpha value is -1.68. The molecule has 98 valence electrons. The average molecular weight is 323 g/mol. The molecule has 2 rings (SSSR count). The molecule has 0 heterocycles. The first-order valence-corrected chi connectivity index (χ1v) is 6.52. The molecule has 2 aromatic carbocycles. The van der Waals surface area contributed by atoms with Crippen molar-refractivity contribution in [3.05, 3.63) is 57.8 Å². The van der Waals surface area contributed by atoms with E-state index in [0.29, 0.717) is 16.9 Å². The molecule has 0 aromatic heterocycles. The highest BCUT2D eigenvalue weighted by molar-refractivity contribution is 9.10. The fourth-order valence-corrected chi connectivity index (χ4v) is 2.05. The fraction of sp³-hybridized carbons (Fsp3) is 0.133. The Kier molecular flexibility index (Phi) is 4.00. The largest absolute Gasteiger partial charge is 0.454 e. The molecule has 2 aromatic rings. The van der Waals surface area contributed by atoms with Gasteiger partial charge in [0.1, 0.15) is 5.75 Å². The number of hydrogen-bond donors (Lipinski definition) is 0. The molecule has 0 aliphatic heterocycles. The predicted octanol–water partition coefficient (Wildman–Crippen LogP) is 4.89. The molecule has 19 heavy (non-hydrogen) atoms. The standard InChI is InChI=1S/C15H12BrFO2/c1-9-4-3-5-14(15(9)17)19-13-7-6-11(16)8-12(13)10(2)18/h3-8H,1-2H3. The monoisotopic (exact) mass is 322 g/mol. The third-order valence-corrected chi connectivity index (χ3v) is 3.19. The lowest BCUT2D eigenvalue weighted by atomic mass is 10.1. The minimum absolute atomic E-state index is 0.116. The molecule has 0 fully saturated rings. The van der Waals surface area contributed by atoms with Gasteiger partial charge in [-0.25, -0.2) is 4.39 Å². The Morgan fingerprint density at radius 1 is 1.21 bits per heavy atom. The van der Waals surface area contributed by atoms with Crippen LogP contribution in [0.4, 0.5) is 4.39 Å². The second-order valence-electron chi connectivity index (χ2n) is 4.19. The van der Waals surface area contributed by atoms with Crippen LogP contribution >= 0.6 is 15.9 Å². The number of aryl methyl sites for hydroxylation is 1. The van der Waals surface area contributed by atoms with Crippen LogP contribution in [0.3, 0.4) is 0 Å². The van der Waals surface area contributed by atoms with E-state index < -0.39 is 5.82 Å². The first kappa shape index (κ1) is 13.7. The maximum Gasteiger partial charge on any atom is 0.168 e. The van der Waals surface area contributed by atoms with E-state index in [1.807, 2.05) is 0 Å². The van der Waals surface area contributed by atoms with E-state index in [9.17, 15) is 9.18 Å². The van der Waals surface area contributed by atoms with E-state index in [4.69, 9.17) is 4.74 Å². The number of Topliss-reactive ketones (excluding diaryl/α,β-unsaturated/α-hetero) is 1. The number of halogens is 2. The molecule has 0 saturated heterocycles. The smallest absolute Gasteiger partial charge is 0.168 e. The van der Waals surface area contributed by atoms with Gasteiger partial charge in [0.15, 0.2) is 17.3 Å². The van der Waals surface area contributed by atoms with Gasteiger partial charge >= 0.3 is 0 Å². The fourth-order valence-electron chi connectivity index (χ4n) is 1.68. The summed E-state index contributed by atoms with van der Waals surface area (Å²) in [5.41, 5.74) is 0.911. The number of ketones is 1. The molecule has 0 N–H and O–H groups in total. The summed E-state index contributed by atoms with van der Waals surface area (Å²) >= 11 is 3.29. The van der Waals surface area contributed by atoms with Crippen molar-refractivity contribution >= 4 is 21.7 Å². The van der Waals surface area contributed by atoms with Gasteiger partial charge in [0, 0.05) is 4.47 Å². The van der Waals surface area contributed by atoms with Crippen molar-refractivity contribution in [3.8, 4) is 11.5 Å². The maximum absolute atomic E-state index is 13.9. The third-order valence-electron chi connectivity index (χ3n) is 2.70. The highest BCUT2D eigenvalue weighted by Gasteiger charge is 2.13. The lowest BCUT2D eigenvalue weighted by molar-refractivity contribution is 0.101. The summed E-state index contributed by atoms with van der Waals surface area (Å²) in [7, 11) is 0. The van der Waals surface area contributed by atoms with Gasteiger partial charge in [-0.05, 0) is 43.7 Å². The molecule has 0 radical (unpaired) electrons. The highest BCUT2D eigenvalue weighted by atomic mass is 79.9. The zero-order valence-electron chi connectivity index (χ0n) is 10.5. The molecule has 0 amide bonds. The molecule has 0 aliphatic rings. The van der Waals surface area contributed by atoms with Crippen LogP contribution < -0.4 is 4.74 Å². The molecule has 0 spiro atoms. The number of rotatable bonds is 3. The third kappa shape index (κ3) is 3.01. The minimum Gasteiger partial charge on any atom is -0.454 e. The van der Waals surface area contributed by atoms with Crippen LogP contribution in [0, 0.1) is 12.7 Å². The van der Waals surface area contributed by atoms with Crippen molar-refractivity contribution in [2.75, 3.05) is 0 Å². The van der Waals surface area contributed by atoms with Crippen molar-refractivity contribution in [2.24, 2.45) is 0 Å². The van der Waals surface area contributed by atoms with Crippen molar-refractivity contribution in [2.45, 2.75) is 13.8 Å². The first-order valence-electron chi connectivity index (χ1n) is 5.72. The van der Waals surface area contributed by atoms with Crippen molar-refractivity contribution < 1.29 is 13.9 Å². The van der Waals surface area contributed by atoms with E-state index in [-0.39, 0.29) is 11.5 Å². The van der Waals surface area contributed by atoms with Gasteiger partial charge in [-0.1, -0.05) is 28.1 Å². The number of ether oxygens (including phenoxy) is 1. The van der Waals surface area contributed by atoms with Gasteiger partial charge in [0.05, 0.1) is 5.56 Å². The quantitative estimate of drug-likeness (QED) is 0.752. The van der Waals surface area contributed by atoms with Crippen LogP contribution in [0.15, 0.2) is 40.9 Å². The summed E-state index contributed by atoms with van der Waals surface area (Å²) in [5, 5.41) is 0. The normalized spacial score (nSPS) is 10.3. The average Bonchev–Trinajstić information content (AvgIpc) is 2.36. The Balaban J connectivity index is 2.44. The molecular weight excluding hydrogens is 311 g/mol. The number of carbonyl (C=O) groups excluding carboxylic acids is 1. The Labute approximate surface area is 119 Å². The summed E-state index contributed by atoms with van der Waals surface area (Å²) in [6.07, 6.45) is 0. The zero-order chi connectivity index (χ0) is 14.0. The van der Waals surface area contributed by atoms with E-state index in [1.54, 1.807) is 37.3 Å². The number of benzene rings is 2. The van der Waals surface area contributed by atoms with E-state index in [0.717, 1.165) is 4.47 Å². The predicted molar refractivity (Wildman–Crippen MR) is 75.4 cm³/mol. The van der Waals surface area contributed by atoms with Gasteiger partial charge in [-0.15, -0.1) is 0 Å². The maximum atomic E-state index is 13.9. The molecule has 0 unspecified atom stereocenters. The summed E-state index contributed by atoms with van der Waals surface area (Å²) < 4.78 is 20.2. The summed E-state index contributed by atoms with van der Waals surface area (Å²) in [5.74, 6) is -0.0886. The Morgan fingerprint density at radius 3 is 2.63 bits per heavy atom. The van der Waals surface area contributed by atoms with E-state index >= 15 is 0 Å². The van der Waals surface area contributed by atoms with Gasteiger partial charge in [0.2, 0.25) is 0 Å². The Bertz CT molecular complexity index is 638. The van der Waals surface area contributed by atoms with Crippen LogP contribution in [0.1, 0.15) is 22.8 Å². The minimum atomic E-state index is -0.417. The van der Waals surface area contributed by atoms with Crippen molar-refractivity contribution in [1.29, 1.82) is 0 Å². The molecule has 4 heteroatoms. The molecule has 0 saturated carbocycles. The zero-order valence-corrected chi connectivity index (χ0v) is 12.1. The van der Waals surface area contributed by atoms with Crippen LogP contribution in [0.2, 0.25) is 0 Å². The lowest BCUT2D eigenvalue weighted by Gasteiger charge is -2.11. The molecule has 0 aliphatic carbocycles. The topological polar surface area (TPSA) is 26.3 Å². The van der Waals surface area contributed by atoms with Gasteiger partial charge in [0.25, 0.3) is 0 Å². The Morgan fingerprint density at radius 2 is 1.95 bits per heavy atom. The van der Waals surface area contributed by atoms with Crippen molar-refractivity contribution in [1.82, 2.24) is 0 Å². The molecule has 0 bridgehead atoms. The van der Waals surface area contributed by atoms with Crippen LogP contribution in [-0.2, 0) is 0 Å². The van der Waals surface area contributed by atoms with Crippen LogP contribution in [-0.4, -0.2) is 5.78 Å². The number of carbonyl (C=O) groups is 1. The second-order valence-corrected chi connectivity index (χ2v) is 5.10. The van der Waals surface area contributed by atoms with Gasteiger partial charge < -0.3 is 4.74 Å². The first-order chi connectivity index (χ1) is 8.99. The molecular formula is C15H12BrFO2. The SMILES string of the molecule is CC(=O)c1cc(Br)ccc1Oc1cccc(C)c1F. The van der Waals surface area contributed by atoms with Gasteiger partial charge in [-0.2, -0.15) is 0 Å². The van der Waals surface area contributed by atoms with E-state index in [2.05, 4.69) is 15.9 Å². The summed E-state index contributed by atoms with van der Waals surface area (Å²) in [6.45, 7) is 3.11. The lowest BCUT2D eigenvalue weighted by Crippen LogP contribution is -1.98. The second kappa shape index (κ2) is 5.53. The molecule has 2 nitrogen and oxygen atoms in total.